The van der Waals surface area contributed by atoms with Crippen LogP contribution in [0, 0.1) is 6.92 Å². The molecule has 2 aromatic rings. The first-order valence-electron chi connectivity index (χ1n) is 8.58. The van der Waals surface area contributed by atoms with Crippen molar-refractivity contribution in [1.82, 2.24) is 4.98 Å². The average Bonchev–Trinajstić information content (AvgIpc) is 2.97. The van der Waals surface area contributed by atoms with Gasteiger partial charge in [-0.15, -0.1) is 0 Å². The van der Waals surface area contributed by atoms with Crippen molar-refractivity contribution in [3.63, 3.8) is 0 Å². The topological polar surface area (TPSA) is 79.4 Å². The molecule has 26 heavy (non-hydrogen) atoms. The van der Waals surface area contributed by atoms with Crippen molar-refractivity contribution in [2.75, 3.05) is 28.8 Å². The fourth-order valence-corrected chi connectivity index (χ4v) is 4.90. The van der Waals surface area contributed by atoms with E-state index in [9.17, 15) is 13.2 Å². The molecule has 0 bridgehead atoms. The van der Waals surface area contributed by atoms with E-state index >= 15 is 0 Å². The maximum absolute atomic E-state index is 12.2. The van der Waals surface area contributed by atoms with E-state index in [1.54, 1.807) is 12.3 Å². The van der Waals surface area contributed by atoms with Crippen LogP contribution in [0.3, 0.4) is 0 Å². The molecule has 6 nitrogen and oxygen atoms in total. The zero-order valence-electron chi connectivity index (χ0n) is 15.0. The molecule has 2 heterocycles. The van der Waals surface area contributed by atoms with Crippen LogP contribution in [0.15, 0.2) is 42.6 Å². The highest BCUT2D eigenvalue weighted by molar-refractivity contribution is 7.91. The molecule has 0 radical (unpaired) electrons. The van der Waals surface area contributed by atoms with Crippen LogP contribution in [0.2, 0.25) is 0 Å². The monoisotopic (exact) mass is 373 g/mol. The van der Waals surface area contributed by atoms with Crippen LogP contribution >= 0.6 is 0 Å². The third-order valence-electron chi connectivity index (χ3n) is 4.79. The van der Waals surface area contributed by atoms with Gasteiger partial charge in [0.25, 0.3) is 0 Å². The van der Waals surface area contributed by atoms with E-state index in [4.69, 9.17) is 0 Å². The Morgan fingerprint density at radius 2 is 2.04 bits per heavy atom. The highest BCUT2D eigenvalue weighted by atomic mass is 32.2. The summed E-state index contributed by atoms with van der Waals surface area (Å²) >= 11 is 0. The first-order chi connectivity index (χ1) is 12.3. The van der Waals surface area contributed by atoms with Crippen molar-refractivity contribution in [1.29, 1.82) is 0 Å². The Morgan fingerprint density at radius 3 is 2.65 bits per heavy atom. The molecule has 1 aliphatic heterocycles. The molecular weight excluding hydrogens is 350 g/mol. The third-order valence-corrected chi connectivity index (χ3v) is 6.54. The summed E-state index contributed by atoms with van der Waals surface area (Å²) < 4.78 is 23.3. The second-order valence-corrected chi connectivity index (χ2v) is 8.95. The molecule has 1 aromatic carbocycles. The third kappa shape index (κ3) is 4.40. The first kappa shape index (κ1) is 18.4. The molecule has 1 aromatic heterocycles. The molecule has 1 N–H and O–H groups in total. The van der Waals surface area contributed by atoms with E-state index < -0.39 is 9.84 Å². The summed E-state index contributed by atoms with van der Waals surface area (Å²) in [7, 11) is -1.05. The number of carbonyl (C=O) groups is 1. The molecule has 0 saturated carbocycles. The molecule has 1 aliphatic rings. The van der Waals surface area contributed by atoms with Crippen molar-refractivity contribution < 1.29 is 13.2 Å². The van der Waals surface area contributed by atoms with E-state index in [0.717, 1.165) is 16.8 Å². The second-order valence-electron chi connectivity index (χ2n) is 6.72. The predicted octanol–water partition coefficient (Wildman–Crippen LogP) is 2.19. The van der Waals surface area contributed by atoms with Crippen LogP contribution in [-0.2, 0) is 21.1 Å². The van der Waals surface area contributed by atoms with E-state index in [1.165, 1.54) is 0 Å². The number of aryl methyl sites for hydroxylation is 1. The summed E-state index contributed by atoms with van der Waals surface area (Å²) in [5, 5.41) is 2.80. The lowest BCUT2D eigenvalue weighted by molar-refractivity contribution is -0.115. The number of rotatable bonds is 5. The number of carbonyl (C=O) groups excluding carboxylic acids is 1. The van der Waals surface area contributed by atoms with E-state index in [-0.39, 0.29) is 23.5 Å². The highest BCUT2D eigenvalue weighted by Crippen LogP contribution is 2.23. The molecular formula is C19H23N3O3S. The van der Waals surface area contributed by atoms with Crippen LogP contribution in [-0.4, -0.2) is 43.9 Å². The fourth-order valence-electron chi connectivity index (χ4n) is 3.13. The minimum atomic E-state index is -2.92. The number of sulfone groups is 1. The van der Waals surface area contributed by atoms with E-state index in [0.29, 0.717) is 18.7 Å². The molecule has 7 heteroatoms. The lowest BCUT2D eigenvalue weighted by Crippen LogP contribution is -2.32. The van der Waals surface area contributed by atoms with Crippen LogP contribution in [0.25, 0.3) is 0 Å². The van der Waals surface area contributed by atoms with Crippen molar-refractivity contribution in [2.24, 2.45) is 0 Å². The number of hydrogen-bond acceptors (Lipinski definition) is 5. The van der Waals surface area contributed by atoms with Gasteiger partial charge in [-0.25, -0.2) is 13.4 Å². The van der Waals surface area contributed by atoms with Gasteiger partial charge in [0, 0.05) is 13.1 Å². The van der Waals surface area contributed by atoms with Crippen molar-refractivity contribution in [3.8, 4) is 0 Å². The summed E-state index contributed by atoms with van der Waals surface area (Å²) in [6, 6.07) is 11.4. The standard InChI is InChI=1S/C19H23N3O3S/c1-14-5-3-4-6-15(14)11-19(23)21-18-8-7-16(12-20-18)22(2)17-9-10-26(24,25)13-17/h3-8,12,17H,9-11,13H2,1-2H3,(H,20,21,23). The fraction of sp³-hybridized carbons (Fsp3) is 0.368. The first-order valence-corrected chi connectivity index (χ1v) is 10.4. The lowest BCUT2D eigenvalue weighted by atomic mass is 10.1. The smallest absolute Gasteiger partial charge is 0.229 e. The van der Waals surface area contributed by atoms with E-state index in [2.05, 4.69) is 10.3 Å². The molecule has 1 atom stereocenters. The molecule has 1 saturated heterocycles. The quantitative estimate of drug-likeness (QED) is 0.869. The maximum atomic E-state index is 12.2. The Balaban J connectivity index is 1.61. The van der Waals surface area contributed by atoms with Gasteiger partial charge in [-0.05, 0) is 36.6 Å². The Morgan fingerprint density at radius 1 is 1.27 bits per heavy atom. The number of aromatic nitrogens is 1. The van der Waals surface area contributed by atoms with E-state index in [1.807, 2.05) is 49.2 Å². The Kier molecular flexibility index (Phi) is 5.27. The summed E-state index contributed by atoms with van der Waals surface area (Å²) in [4.78, 5) is 18.4. The molecule has 3 rings (SSSR count). The van der Waals surface area contributed by atoms with Gasteiger partial charge < -0.3 is 10.2 Å². The van der Waals surface area contributed by atoms with Gasteiger partial charge in [-0.2, -0.15) is 0 Å². The minimum absolute atomic E-state index is 0.0247. The number of amides is 1. The molecule has 0 spiro atoms. The largest absolute Gasteiger partial charge is 0.369 e. The SMILES string of the molecule is Cc1ccccc1CC(=O)Nc1ccc(N(C)C2CCS(=O)(=O)C2)cn1. The van der Waals surface area contributed by atoms with Crippen molar-refractivity contribution in [3.05, 3.63) is 53.7 Å². The van der Waals surface area contributed by atoms with Gasteiger partial charge in [0.2, 0.25) is 5.91 Å². The van der Waals surface area contributed by atoms with Crippen LogP contribution in [0.4, 0.5) is 11.5 Å². The Hall–Kier alpha value is -2.41. The summed E-state index contributed by atoms with van der Waals surface area (Å²) in [6.07, 6.45) is 2.60. The van der Waals surface area contributed by atoms with Gasteiger partial charge in [-0.3, -0.25) is 4.79 Å². The second kappa shape index (κ2) is 7.45. The highest BCUT2D eigenvalue weighted by Gasteiger charge is 2.30. The number of pyridine rings is 1. The normalized spacial score (nSPS) is 18.5. The number of nitrogens with one attached hydrogen (secondary N) is 1. The van der Waals surface area contributed by atoms with Crippen LogP contribution in [0.5, 0.6) is 0 Å². The molecule has 1 amide bonds. The Labute approximate surface area is 154 Å². The Bertz CT molecular complexity index is 895. The zero-order chi connectivity index (χ0) is 18.7. The van der Waals surface area contributed by atoms with Crippen LogP contribution < -0.4 is 10.2 Å². The number of hydrogen-bond donors (Lipinski definition) is 1. The van der Waals surface area contributed by atoms with Gasteiger partial charge in [0.1, 0.15) is 5.82 Å². The van der Waals surface area contributed by atoms with Gasteiger partial charge in [-0.1, -0.05) is 24.3 Å². The maximum Gasteiger partial charge on any atom is 0.229 e. The zero-order valence-corrected chi connectivity index (χ0v) is 15.8. The molecule has 138 valence electrons. The number of nitrogens with zero attached hydrogens (tertiary/aromatic N) is 2. The summed E-state index contributed by atoms with van der Waals surface area (Å²) in [5.74, 6) is 0.788. The van der Waals surface area contributed by atoms with Gasteiger partial charge in [0.15, 0.2) is 9.84 Å². The van der Waals surface area contributed by atoms with Gasteiger partial charge >= 0.3 is 0 Å². The minimum Gasteiger partial charge on any atom is -0.369 e. The summed E-state index contributed by atoms with van der Waals surface area (Å²) in [6.45, 7) is 1.98. The van der Waals surface area contributed by atoms with Crippen LogP contribution in [0.1, 0.15) is 17.5 Å². The molecule has 0 aliphatic carbocycles. The number of anilines is 2. The predicted molar refractivity (Wildman–Crippen MR) is 103 cm³/mol. The molecule has 1 fully saturated rings. The van der Waals surface area contributed by atoms with Gasteiger partial charge in [0.05, 0.1) is 29.8 Å². The lowest BCUT2D eigenvalue weighted by Gasteiger charge is -2.25. The average molecular weight is 373 g/mol. The molecule has 1 unspecified atom stereocenters. The van der Waals surface area contributed by atoms with Crippen molar-refractivity contribution in [2.45, 2.75) is 25.8 Å². The summed E-state index contributed by atoms with van der Waals surface area (Å²) in [5.41, 5.74) is 2.91. The number of benzene rings is 1. The van der Waals surface area contributed by atoms with Crippen molar-refractivity contribution >= 4 is 27.2 Å².